The fourth-order valence-corrected chi connectivity index (χ4v) is 9.32. The van der Waals surface area contributed by atoms with Crippen LogP contribution in [0.5, 0.6) is 0 Å². The number of hydrogen-bond donors (Lipinski definition) is 9. The van der Waals surface area contributed by atoms with E-state index in [4.69, 9.17) is 21.1 Å². The average Bonchev–Trinajstić information content (AvgIpc) is 0.828. The van der Waals surface area contributed by atoms with Crippen molar-refractivity contribution in [3.05, 3.63) is 283 Å². The number of alkyl halides is 3. The number of carbonyl (C=O) groups is 12. The zero-order valence-corrected chi connectivity index (χ0v) is 53.3. The number of aromatic carboxylic acids is 4. The van der Waals surface area contributed by atoms with Crippen molar-refractivity contribution in [2.75, 3.05) is 6.54 Å². The Morgan fingerprint density at radius 3 is 0.938 bits per heavy atom. The monoisotopic (exact) mass is 1330 g/mol. The Kier molecular flexibility index (Phi) is 26.7. The number of carboxylic acid groups (broad SMARTS) is 4. The summed E-state index contributed by atoms with van der Waals surface area (Å²) < 4.78 is 40.2. The quantitative estimate of drug-likeness (QED) is 0.0302. The van der Waals surface area contributed by atoms with Gasteiger partial charge in [-0.15, -0.1) is 0 Å². The molecule has 0 aliphatic carbocycles. The van der Waals surface area contributed by atoms with Crippen molar-refractivity contribution in [3.63, 3.8) is 0 Å². The van der Waals surface area contributed by atoms with E-state index in [1.165, 1.54) is 88.4 Å². The van der Waals surface area contributed by atoms with E-state index in [1.54, 1.807) is 116 Å². The van der Waals surface area contributed by atoms with Crippen LogP contribution in [-0.2, 0) is 5.54 Å². The van der Waals surface area contributed by atoms with Gasteiger partial charge in [-0.3, -0.25) is 38.4 Å². The Bertz CT molecular complexity index is 4250. The lowest BCUT2D eigenvalue weighted by molar-refractivity contribution is -0.155. The van der Waals surface area contributed by atoms with Crippen LogP contribution in [-0.4, -0.2) is 104 Å². The molecule has 3 unspecified atom stereocenters. The van der Waals surface area contributed by atoms with Gasteiger partial charge >= 0.3 is 30.1 Å². The molecule has 8 rings (SSSR count). The van der Waals surface area contributed by atoms with Crippen LogP contribution in [0.4, 0.5) is 13.2 Å². The van der Waals surface area contributed by atoms with Gasteiger partial charge in [0.05, 0.1) is 62.1 Å². The summed E-state index contributed by atoms with van der Waals surface area (Å²) in [5.41, 5.74) is 8.47. The van der Waals surface area contributed by atoms with E-state index in [2.05, 4.69) is 16.0 Å². The molecule has 0 aliphatic rings. The highest BCUT2D eigenvalue weighted by atomic mass is 19.4. The first-order valence-corrected chi connectivity index (χ1v) is 29.4. The molecule has 4 amide bonds. The molecule has 10 N–H and O–H groups in total. The molecule has 0 saturated carbocycles. The molecule has 8 aromatic carbocycles. The molecule has 0 aliphatic heterocycles. The minimum Gasteiger partial charge on any atom is -0.478 e. The number of nitrogens with two attached hydrogens (primary N) is 1. The first-order valence-electron chi connectivity index (χ1n) is 29.4. The first-order chi connectivity index (χ1) is 45.7. The standard InChI is InChI=1S/C19H19NO4.C18H14F3NO4.C18H18N2O4.C18H17NO4/c1-12(21)13-8-10-14(11-9-13)19(2,3)20-17(22)15-6-4-5-7-16(15)18(23)24;1-10(23)11-6-8-12(9-7-11)15(18(19,20)21)22-16(24)13-4-2-3-5-14(13)17(25)26;1-11(21)12-6-8-13(9-7-12)16(10-19)20-17(22)14-4-2-3-5-15(14)18(23)24;1-11(13-7-9-14(10-8-13)12(2)20)19-17(21)15-5-3-4-6-16(15)18(22)23/h4-11H,1-3H3,(H,20,22)(H,23,24);2-9,15H,1H3,(H,22,24)(H,25,26);2-9,16H,10,19H2,1H3,(H,20,22)(H,23,24);3-11H,1-2H3,(H,19,21)(H,22,23). The average molecular weight is 1330 g/mol. The molecule has 3 atom stereocenters. The van der Waals surface area contributed by atoms with E-state index < -0.39 is 76.9 Å². The second kappa shape index (κ2) is 34.2. The maximum Gasteiger partial charge on any atom is 0.412 e. The molecule has 24 heteroatoms. The van der Waals surface area contributed by atoms with Gasteiger partial charge in [0, 0.05) is 28.8 Å². The van der Waals surface area contributed by atoms with Crippen LogP contribution in [0.3, 0.4) is 0 Å². The third-order valence-electron chi connectivity index (χ3n) is 14.7. The Labute approximate surface area is 554 Å². The van der Waals surface area contributed by atoms with Crippen molar-refractivity contribution >= 4 is 70.6 Å². The number of Topliss-reactive ketones (excluding diaryl/α,β-unsaturated/α-hetero) is 4. The van der Waals surface area contributed by atoms with Crippen LogP contribution >= 0.6 is 0 Å². The van der Waals surface area contributed by atoms with Crippen molar-refractivity contribution in [2.24, 2.45) is 5.73 Å². The predicted octanol–water partition coefficient (Wildman–Crippen LogP) is 12.0. The van der Waals surface area contributed by atoms with E-state index >= 15 is 0 Å². The molecule has 0 saturated heterocycles. The van der Waals surface area contributed by atoms with E-state index in [0.29, 0.717) is 16.7 Å². The molecule has 502 valence electrons. The van der Waals surface area contributed by atoms with Gasteiger partial charge in [-0.1, -0.05) is 146 Å². The molecule has 0 bridgehead atoms. The fourth-order valence-electron chi connectivity index (χ4n) is 9.32. The molecular formula is C73H68F3N5O16. The summed E-state index contributed by atoms with van der Waals surface area (Å²) in [6, 6.07) is 45.3. The maximum atomic E-state index is 13.4. The lowest BCUT2D eigenvalue weighted by Crippen LogP contribution is -2.41. The van der Waals surface area contributed by atoms with Gasteiger partial charge in [0.25, 0.3) is 23.6 Å². The number of hydrogen-bond acceptors (Lipinski definition) is 13. The molecule has 0 fully saturated rings. The summed E-state index contributed by atoms with van der Waals surface area (Å²) in [4.78, 5) is 139. The third kappa shape index (κ3) is 21.2. The summed E-state index contributed by atoms with van der Waals surface area (Å²) >= 11 is 0. The number of ketones is 4. The molecular weight excluding hydrogens is 1260 g/mol. The van der Waals surface area contributed by atoms with Crippen LogP contribution in [0.25, 0.3) is 0 Å². The molecule has 21 nitrogen and oxygen atoms in total. The molecule has 8 aromatic rings. The van der Waals surface area contributed by atoms with Crippen LogP contribution < -0.4 is 27.0 Å². The number of rotatable bonds is 21. The number of nitrogens with one attached hydrogen (secondary N) is 4. The van der Waals surface area contributed by atoms with Crippen LogP contribution in [0, 0.1) is 0 Å². The van der Waals surface area contributed by atoms with Gasteiger partial charge in [-0.2, -0.15) is 13.2 Å². The van der Waals surface area contributed by atoms with Crippen LogP contribution in [0.1, 0.15) is 213 Å². The van der Waals surface area contributed by atoms with Crippen LogP contribution in [0.2, 0.25) is 0 Å². The predicted molar refractivity (Wildman–Crippen MR) is 351 cm³/mol. The largest absolute Gasteiger partial charge is 0.478 e. The van der Waals surface area contributed by atoms with Gasteiger partial charge in [0.1, 0.15) is 0 Å². The fraction of sp³-hybridized carbons (Fsp3) is 0.178. The highest BCUT2D eigenvalue weighted by Gasteiger charge is 2.42. The summed E-state index contributed by atoms with van der Waals surface area (Å²) in [5, 5.41) is 46.7. The molecule has 0 radical (unpaired) electrons. The van der Waals surface area contributed by atoms with Gasteiger partial charge in [-0.05, 0) is 119 Å². The number of amides is 4. The second-order valence-electron chi connectivity index (χ2n) is 22.1. The zero-order valence-electron chi connectivity index (χ0n) is 53.3. The van der Waals surface area contributed by atoms with Gasteiger partial charge in [-0.25, -0.2) is 19.2 Å². The Hall–Kier alpha value is -12.1. The Morgan fingerprint density at radius 2 is 0.639 bits per heavy atom. The van der Waals surface area contributed by atoms with Crippen LogP contribution in [0.15, 0.2) is 194 Å². The zero-order chi connectivity index (χ0) is 72.1. The number of halogens is 3. The molecule has 0 aromatic heterocycles. The van der Waals surface area contributed by atoms with Crippen molar-refractivity contribution < 1.29 is 91.1 Å². The first kappa shape index (κ1) is 75.7. The lowest BCUT2D eigenvalue weighted by Gasteiger charge is -2.27. The molecule has 0 spiro atoms. The minimum atomic E-state index is -4.81. The van der Waals surface area contributed by atoms with Crippen molar-refractivity contribution in [2.45, 2.75) is 78.3 Å². The summed E-state index contributed by atoms with van der Waals surface area (Å²) in [5.74, 6) is -7.90. The van der Waals surface area contributed by atoms with Crippen molar-refractivity contribution in [1.29, 1.82) is 0 Å². The van der Waals surface area contributed by atoms with E-state index in [0.717, 1.165) is 41.0 Å². The van der Waals surface area contributed by atoms with E-state index in [9.17, 15) is 75.8 Å². The smallest absolute Gasteiger partial charge is 0.412 e. The number of carboxylic acids is 4. The van der Waals surface area contributed by atoms with Gasteiger partial charge < -0.3 is 47.4 Å². The summed E-state index contributed by atoms with van der Waals surface area (Å²) in [6.07, 6.45) is -4.81. The maximum absolute atomic E-state index is 13.4. The molecule has 97 heavy (non-hydrogen) atoms. The third-order valence-corrected chi connectivity index (χ3v) is 14.7. The highest BCUT2D eigenvalue weighted by molar-refractivity contribution is 6.07. The van der Waals surface area contributed by atoms with Gasteiger partial charge in [0.2, 0.25) is 0 Å². The summed E-state index contributed by atoms with van der Waals surface area (Å²) in [6.45, 7) is 11.3. The van der Waals surface area contributed by atoms with E-state index in [1.807, 2.05) is 19.2 Å². The Balaban J connectivity index is 0.000000234. The topological polar surface area (TPSA) is 360 Å². The molecule has 0 heterocycles. The summed E-state index contributed by atoms with van der Waals surface area (Å²) in [7, 11) is 0. The van der Waals surface area contributed by atoms with Crippen molar-refractivity contribution in [1.82, 2.24) is 21.3 Å². The highest BCUT2D eigenvalue weighted by Crippen LogP contribution is 2.34. The number of benzene rings is 8. The SMILES string of the molecule is CC(=O)c1ccc(C(C)(C)NC(=O)c2ccccc2C(=O)O)cc1.CC(=O)c1ccc(C(C)NC(=O)c2ccccc2C(=O)O)cc1.CC(=O)c1ccc(C(CN)NC(=O)c2ccccc2C(=O)O)cc1.CC(=O)c1ccc(C(NC(=O)c2ccccc2C(=O)O)C(F)(F)F)cc1. The minimum absolute atomic E-state index is 0.0244. The Morgan fingerprint density at radius 1 is 0.371 bits per heavy atom. The number of carbonyl (C=O) groups excluding carboxylic acids is 8. The second-order valence-corrected chi connectivity index (χ2v) is 22.1. The lowest BCUT2D eigenvalue weighted by atomic mass is 9.92. The van der Waals surface area contributed by atoms with E-state index in [-0.39, 0.29) is 85.8 Å². The van der Waals surface area contributed by atoms with Gasteiger partial charge in [0.15, 0.2) is 29.2 Å². The normalized spacial score (nSPS) is 11.6. The van der Waals surface area contributed by atoms with Crippen molar-refractivity contribution in [3.8, 4) is 0 Å².